The number of nitrogens with zero attached hydrogens (tertiary/aromatic N) is 3. The number of aromatic nitrogens is 3. The van der Waals surface area contributed by atoms with E-state index in [0.29, 0.717) is 17.8 Å². The van der Waals surface area contributed by atoms with Crippen molar-refractivity contribution in [3.05, 3.63) is 23.3 Å². The van der Waals surface area contributed by atoms with Crippen molar-refractivity contribution in [1.82, 2.24) is 15.0 Å². The molecule has 1 aromatic heterocycles. The summed E-state index contributed by atoms with van der Waals surface area (Å²) in [4.78, 5) is 2.06. The second-order valence-electron chi connectivity index (χ2n) is 11.0. The average molecular weight is 456 g/mol. The average Bonchev–Trinajstić information content (AvgIpc) is 3.20. The lowest BCUT2D eigenvalue weighted by Gasteiger charge is -2.16. The molecule has 0 atom stereocenters. The van der Waals surface area contributed by atoms with Gasteiger partial charge in [-0.15, -0.1) is 0 Å². The first-order valence-electron chi connectivity index (χ1n) is 14.3. The zero-order chi connectivity index (χ0) is 24.1. The highest BCUT2D eigenvalue weighted by molar-refractivity contribution is 5.82. The number of benzene rings is 1. The minimum atomic E-state index is 0.473. The number of unbranched alkanes of at least 4 members (excludes halogenated alkanes) is 10. The Labute approximate surface area is 205 Å². The lowest BCUT2D eigenvalue weighted by Crippen LogP contribution is -2.14. The van der Waals surface area contributed by atoms with Crippen LogP contribution < -0.4 is 0 Å². The third-order valence-corrected chi connectivity index (χ3v) is 7.24. The molecule has 0 fully saturated rings. The van der Waals surface area contributed by atoms with E-state index in [4.69, 9.17) is 10.2 Å². The third kappa shape index (κ3) is 9.41. The zero-order valence-corrected chi connectivity index (χ0v) is 22.8. The molecule has 0 spiro atoms. The van der Waals surface area contributed by atoms with E-state index in [-0.39, 0.29) is 0 Å². The quantitative estimate of drug-likeness (QED) is 0.209. The maximum Gasteiger partial charge on any atom is 0.116 e. The summed E-state index contributed by atoms with van der Waals surface area (Å²) in [5, 5.41) is 10.1. The van der Waals surface area contributed by atoms with Gasteiger partial charge in [-0.3, -0.25) is 0 Å². The van der Waals surface area contributed by atoms with Crippen molar-refractivity contribution < 1.29 is 0 Å². The van der Waals surface area contributed by atoms with Crippen LogP contribution >= 0.6 is 0 Å². The van der Waals surface area contributed by atoms with E-state index >= 15 is 0 Å². The van der Waals surface area contributed by atoms with Gasteiger partial charge < -0.3 is 0 Å². The molecule has 0 aliphatic rings. The molecule has 2 rings (SSSR count). The second-order valence-corrected chi connectivity index (χ2v) is 11.0. The van der Waals surface area contributed by atoms with Gasteiger partial charge in [-0.05, 0) is 41.7 Å². The van der Waals surface area contributed by atoms with Crippen LogP contribution in [0.3, 0.4) is 0 Å². The summed E-state index contributed by atoms with van der Waals surface area (Å²) in [6.07, 6.45) is 19.2. The Morgan fingerprint density at radius 2 is 1.00 bits per heavy atom. The smallest absolute Gasteiger partial charge is 0.116 e. The summed E-state index contributed by atoms with van der Waals surface area (Å²) in [5.41, 5.74) is 4.94. The van der Waals surface area contributed by atoms with Gasteiger partial charge in [0.05, 0.1) is 6.54 Å². The monoisotopic (exact) mass is 455 g/mol. The first-order valence-corrected chi connectivity index (χ1v) is 14.3. The van der Waals surface area contributed by atoms with Crippen molar-refractivity contribution in [2.24, 2.45) is 5.92 Å². The minimum absolute atomic E-state index is 0.473. The van der Waals surface area contributed by atoms with E-state index in [0.717, 1.165) is 17.6 Å². The van der Waals surface area contributed by atoms with E-state index in [1.165, 1.54) is 101 Å². The summed E-state index contributed by atoms with van der Waals surface area (Å²) >= 11 is 0. The van der Waals surface area contributed by atoms with Crippen LogP contribution in [0.5, 0.6) is 0 Å². The molecule has 3 nitrogen and oxygen atoms in total. The van der Waals surface area contributed by atoms with Gasteiger partial charge in [0, 0.05) is 0 Å². The van der Waals surface area contributed by atoms with E-state index in [2.05, 4.69) is 58.5 Å². The molecule has 0 N–H and O–H groups in total. The van der Waals surface area contributed by atoms with E-state index < -0.39 is 0 Å². The number of hydrogen-bond donors (Lipinski definition) is 0. The van der Waals surface area contributed by atoms with Gasteiger partial charge in [0.25, 0.3) is 0 Å². The largest absolute Gasteiger partial charge is 0.183 e. The van der Waals surface area contributed by atoms with E-state index in [9.17, 15) is 0 Å². The van der Waals surface area contributed by atoms with Crippen molar-refractivity contribution in [3.8, 4) is 0 Å². The van der Waals surface area contributed by atoms with Gasteiger partial charge in [-0.25, -0.2) is 0 Å². The van der Waals surface area contributed by atoms with Gasteiger partial charge in [-0.2, -0.15) is 15.0 Å². The highest BCUT2D eigenvalue weighted by Crippen LogP contribution is 2.30. The summed E-state index contributed by atoms with van der Waals surface area (Å²) in [6.45, 7) is 14.6. The fourth-order valence-electron chi connectivity index (χ4n) is 5.07. The van der Waals surface area contributed by atoms with E-state index in [1.807, 2.05) is 0 Å². The molecule has 1 heterocycles. The van der Waals surface area contributed by atoms with Crippen molar-refractivity contribution in [2.75, 3.05) is 0 Å². The Morgan fingerprint density at radius 3 is 1.39 bits per heavy atom. The summed E-state index contributed by atoms with van der Waals surface area (Å²) in [6, 6.07) is 4.57. The van der Waals surface area contributed by atoms with Crippen molar-refractivity contribution in [3.63, 3.8) is 0 Å². The normalized spacial score (nSPS) is 12.2. The Bertz CT molecular complexity index is 713. The Hall–Kier alpha value is -1.38. The Morgan fingerprint density at radius 1 is 0.606 bits per heavy atom. The third-order valence-electron chi connectivity index (χ3n) is 7.24. The molecule has 3 heteroatoms. The van der Waals surface area contributed by atoms with Crippen LogP contribution in [0.2, 0.25) is 0 Å². The first kappa shape index (κ1) is 27.9. The summed E-state index contributed by atoms with van der Waals surface area (Å²) < 4.78 is 0. The van der Waals surface area contributed by atoms with Crippen LogP contribution in [-0.4, -0.2) is 15.0 Å². The van der Waals surface area contributed by atoms with Gasteiger partial charge in [0.1, 0.15) is 11.0 Å². The van der Waals surface area contributed by atoms with Crippen molar-refractivity contribution >= 4 is 11.0 Å². The zero-order valence-electron chi connectivity index (χ0n) is 22.8. The second kappa shape index (κ2) is 15.5. The molecule has 188 valence electrons. The standard InChI is InChI=1S/C30H53N3/c1-7-9-11-13-15-17-19-26(20-18-16-14-12-10-8-2)23-33-31-29-27(24(3)4)21-22-28(25(5)6)30(29)32-33/h21-22,24-26H,7-20,23H2,1-6H3. The molecule has 0 aliphatic heterocycles. The highest BCUT2D eigenvalue weighted by Gasteiger charge is 2.18. The molecular weight excluding hydrogens is 402 g/mol. The predicted molar refractivity (Wildman–Crippen MR) is 145 cm³/mol. The van der Waals surface area contributed by atoms with Crippen LogP contribution in [0, 0.1) is 5.92 Å². The lowest BCUT2D eigenvalue weighted by molar-refractivity contribution is 0.326. The van der Waals surface area contributed by atoms with Crippen LogP contribution in [0.1, 0.15) is 154 Å². The number of rotatable bonds is 18. The van der Waals surface area contributed by atoms with Gasteiger partial charge in [-0.1, -0.05) is 131 Å². The molecule has 0 bridgehead atoms. The van der Waals surface area contributed by atoms with Crippen LogP contribution in [0.25, 0.3) is 11.0 Å². The van der Waals surface area contributed by atoms with Crippen molar-refractivity contribution in [2.45, 2.75) is 150 Å². The van der Waals surface area contributed by atoms with Gasteiger partial charge in [0.15, 0.2) is 0 Å². The molecule has 0 saturated heterocycles. The minimum Gasteiger partial charge on any atom is -0.183 e. The maximum atomic E-state index is 5.06. The molecule has 0 aliphatic carbocycles. The molecule has 2 aromatic rings. The Kier molecular flexibility index (Phi) is 13.1. The fraction of sp³-hybridized carbons (Fsp3) is 0.800. The highest BCUT2D eigenvalue weighted by atomic mass is 15.5. The molecular formula is C30H53N3. The van der Waals surface area contributed by atoms with Crippen LogP contribution in [0.15, 0.2) is 12.1 Å². The summed E-state index contributed by atoms with van der Waals surface area (Å²) in [5.74, 6) is 1.65. The van der Waals surface area contributed by atoms with Gasteiger partial charge >= 0.3 is 0 Å². The molecule has 0 radical (unpaired) electrons. The number of fused-ring (bicyclic) bond motifs is 1. The molecule has 33 heavy (non-hydrogen) atoms. The van der Waals surface area contributed by atoms with Gasteiger partial charge in [0.2, 0.25) is 0 Å². The molecule has 1 aromatic carbocycles. The SMILES string of the molecule is CCCCCCCCC(CCCCCCCC)Cn1nc2c(C(C)C)ccc(C(C)C)c2n1. The molecule has 0 amide bonds. The first-order chi connectivity index (χ1) is 16.0. The maximum absolute atomic E-state index is 5.06. The van der Waals surface area contributed by atoms with Crippen molar-refractivity contribution in [1.29, 1.82) is 0 Å². The van der Waals surface area contributed by atoms with Crippen LogP contribution in [0.4, 0.5) is 0 Å². The lowest BCUT2D eigenvalue weighted by atomic mass is 9.94. The Balaban J connectivity index is 2.07. The predicted octanol–water partition coefficient (Wildman–Crippen LogP) is 9.80. The topological polar surface area (TPSA) is 30.7 Å². The fourth-order valence-corrected chi connectivity index (χ4v) is 5.07. The van der Waals surface area contributed by atoms with E-state index in [1.54, 1.807) is 0 Å². The molecule has 0 saturated carbocycles. The molecule has 0 unspecified atom stereocenters. The van der Waals surface area contributed by atoms with Crippen LogP contribution in [-0.2, 0) is 6.54 Å². The number of hydrogen-bond acceptors (Lipinski definition) is 2. The summed E-state index contributed by atoms with van der Waals surface area (Å²) in [7, 11) is 0.